The Morgan fingerprint density at radius 2 is 2.00 bits per heavy atom. The molecule has 2 heterocycles. The van der Waals surface area contributed by atoms with Crippen LogP contribution in [0.3, 0.4) is 0 Å². The normalized spacial score (nSPS) is 26.2. The minimum absolute atomic E-state index is 0.222. The molecule has 1 unspecified atom stereocenters. The number of sulfone groups is 1. The van der Waals surface area contributed by atoms with E-state index in [1.54, 1.807) is 17.8 Å². The highest BCUT2D eigenvalue weighted by Crippen LogP contribution is 2.27. The van der Waals surface area contributed by atoms with E-state index in [4.69, 9.17) is 0 Å². The molecular weight excluding hydrogens is 401 g/mol. The van der Waals surface area contributed by atoms with Gasteiger partial charge in [-0.3, -0.25) is 9.79 Å². The summed E-state index contributed by atoms with van der Waals surface area (Å²) in [5, 5.41) is 0.967. The lowest BCUT2D eigenvalue weighted by atomic mass is 9.85. The molecule has 1 saturated heterocycles. The molecule has 2 aliphatic carbocycles. The molecule has 9 heteroatoms. The molecule has 1 N–H and O–H groups in total. The second kappa shape index (κ2) is 8.10. The summed E-state index contributed by atoms with van der Waals surface area (Å²) < 4.78 is 37.4. The van der Waals surface area contributed by atoms with Crippen LogP contribution in [0.1, 0.15) is 37.9 Å². The first-order valence-corrected chi connectivity index (χ1v) is 12.6. The van der Waals surface area contributed by atoms with Crippen molar-refractivity contribution >= 4 is 39.5 Å². The van der Waals surface area contributed by atoms with E-state index in [-0.39, 0.29) is 27.5 Å². The van der Waals surface area contributed by atoms with Gasteiger partial charge in [-0.2, -0.15) is 11.8 Å². The van der Waals surface area contributed by atoms with Crippen LogP contribution in [0.5, 0.6) is 0 Å². The number of thioether (sulfide) groups is 1. The molecule has 152 valence electrons. The van der Waals surface area contributed by atoms with Crippen LogP contribution in [0.25, 0.3) is 12.2 Å². The first-order valence-electron chi connectivity index (χ1n) is 9.73. The molecule has 0 spiro atoms. The molecule has 1 aromatic heterocycles. The number of hydrogen-bond donors (Lipinski definition) is 1. The van der Waals surface area contributed by atoms with Gasteiger partial charge in [-0.1, -0.05) is 6.42 Å². The lowest BCUT2D eigenvalue weighted by Crippen LogP contribution is -2.48. The van der Waals surface area contributed by atoms with Crippen LogP contribution in [-0.4, -0.2) is 53.6 Å². The van der Waals surface area contributed by atoms with Gasteiger partial charge in [0.15, 0.2) is 6.17 Å². The zero-order valence-electron chi connectivity index (χ0n) is 15.6. The number of fused-ring (bicyclic) bond motifs is 1. The fraction of sp³-hybridized carbons (Fsp3) is 0.632. The fourth-order valence-electron chi connectivity index (χ4n) is 3.61. The number of alkyl halides is 1. The lowest BCUT2D eigenvalue weighted by Gasteiger charge is -2.23. The second-order valence-electron chi connectivity index (χ2n) is 7.75. The first kappa shape index (κ1) is 19.8. The number of nitrogens with one attached hydrogen (secondary N) is 1. The number of nitrogens with zero attached hydrogens (tertiary/aromatic N) is 2. The monoisotopic (exact) mass is 425 g/mol. The first-order chi connectivity index (χ1) is 13.4. The van der Waals surface area contributed by atoms with Crippen LogP contribution < -0.4 is 16.1 Å². The lowest BCUT2D eigenvalue weighted by molar-refractivity contribution is 0.326. The van der Waals surface area contributed by atoms with Gasteiger partial charge >= 0.3 is 0 Å². The van der Waals surface area contributed by atoms with Gasteiger partial charge < -0.3 is 4.98 Å². The Labute approximate surface area is 167 Å². The van der Waals surface area contributed by atoms with Crippen LogP contribution in [-0.2, 0) is 15.6 Å². The van der Waals surface area contributed by atoms with Crippen molar-refractivity contribution in [1.29, 1.82) is 0 Å². The summed E-state index contributed by atoms with van der Waals surface area (Å²) >= 11 is 1.61. The van der Waals surface area contributed by atoms with Crippen molar-refractivity contribution in [3.63, 3.8) is 0 Å². The van der Waals surface area contributed by atoms with Crippen molar-refractivity contribution in [2.45, 2.75) is 49.3 Å². The Bertz CT molecular complexity index is 1050. The molecule has 6 nitrogen and oxygen atoms in total. The van der Waals surface area contributed by atoms with E-state index in [9.17, 15) is 17.6 Å². The van der Waals surface area contributed by atoms with E-state index in [1.807, 2.05) is 0 Å². The standard InChI is InChI=1S/C19H24FN3O3S2/c20-15-8-14-16(9-17(15)21-10-12-2-1-3-12)22-18(23-19(14)24)11-27-13-4-6-28(25,26)7-5-13/h8-9,12-13,15H,1-7,10-11H2,(H,22,23,24). The van der Waals surface area contributed by atoms with E-state index >= 15 is 0 Å². The average Bonchev–Trinajstić information content (AvgIpc) is 2.61. The average molecular weight is 426 g/mol. The highest BCUT2D eigenvalue weighted by atomic mass is 32.2. The van der Waals surface area contributed by atoms with Crippen molar-refractivity contribution in [3.8, 4) is 0 Å². The number of aromatic amines is 1. The predicted molar refractivity (Wildman–Crippen MR) is 111 cm³/mol. The van der Waals surface area contributed by atoms with Crippen molar-refractivity contribution < 1.29 is 12.8 Å². The number of H-pyrrole nitrogens is 1. The van der Waals surface area contributed by atoms with Gasteiger partial charge in [0.25, 0.3) is 5.56 Å². The summed E-state index contributed by atoms with van der Waals surface area (Å²) in [5.41, 5.74) is -0.00245. The van der Waals surface area contributed by atoms with Crippen LogP contribution >= 0.6 is 11.8 Å². The van der Waals surface area contributed by atoms with E-state index in [1.165, 1.54) is 12.5 Å². The highest BCUT2D eigenvalue weighted by Gasteiger charge is 2.24. The maximum absolute atomic E-state index is 14.4. The molecule has 1 aliphatic heterocycles. The molecule has 3 aliphatic rings. The number of aliphatic imine (C=N–C) groups is 1. The SMILES string of the molecule is O=c1[nH]c(CSC2CCS(=O)(=O)CC2)nc2c1=CC(F)C(=NCC1CCC1)C=2. The summed E-state index contributed by atoms with van der Waals surface area (Å²) in [6.45, 7) is 0.631. The molecule has 0 radical (unpaired) electrons. The number of rotatable bonds is 5. The molecule has 0 amide bonds. The van der Waals surface area contributed by atoms with Gasteiger partial charge in [-0.15, -0.1) is 0 Å². The molecule has 1 atom stereocenters. The van der Waals surface area contributed by atoms with E-state index < -0.39 is 16.0 Å². The minimum atomic E-state index is -2.88. The molecular formula is C19H24FN3O3S2. The van der Waals surface area contributed by atoms with Gasteiger partial charge in [-0.05, 0) is 43.8 Å². The van der Waals surface area contributed by atoms with Gasteiger partial charge in [0.1, 0.15) is 15.7 Å². The summed E-state index contributed by atoms with van der Waals surface area (Å²) in [6.07, 6.45) is 6.29. The largest absolute Gasteiger partial charge is 0.309 e. The molecule has 0 aromatic carbocycles. The van der Waals surface area contributed by atoms with E-state index in [0.29, 0.717) is 47.9 Å². The van der Waals surface area contributed by atoms with Gasteiger partial charge in [0.2, 0.25) is 0 Å². The van der Waals surface area contributed by atoms with Crippen LogP contribution in [0.15, 0.2) is 9.79 Å². The van der Waals surface area contributed by atoms with E-state index in [0.717, 1.165) is 12.8 Å². The highest BCUT2D eigenvalue weighted by molar-refractivity contribution is 7.99. The Hall–Kier alpha value is -1.48. The van der Waals surface area contributed by atoms with Crippen molar-refractivity contribution in [1.82, 2.24) is 9.97 Å². The quantitative estimate of drug-likeness (QED) is 0.751. The third kappa shape index (κ3) is 4.56. The molecule has 1 aromatic rings. The van der Waals surface area contributed by atoms with Crippen LogP contribution in [0.4, 0.5) is 4.39 Å². The zero-order chi connectivity index (χ0) is 19.7. The molecule has 28 heavy (non-hydrogen) atoms. The Morgan fingerprint density at radius 3 is 2.68 bits per heavy atom. The van der Waals surface area contributed by atoms with Gasteiger partial charge in [-0.25, -0.2) is 17.8 Å². The summed E-state index contributed by atoms with van der Waals surface area (Å²) in [7, 11) is -2.88. The maximum atomic E-state index is 14.4. The van der Waals surface area contributed by atoms with Crippen LogP contribution in [0.2, 0.25) is 0 Å². The third-order valence-corrected chi connectivity index (χ3v) is 8.73. The summed E-state index contributed by atoms with van der Waals surface area (Å²) in [6, 6.07) is 0. The summed E-state index contributed by atoms with van der Waals surface area (Å²) in [5.74, 6) is 2.02. The molecule has 2 fully saturated rings. The van der Waals surface area contributed by atoms with Crippen molar-refractivity contribution in [2.75, 3.05) is 18.1 Å². The molecule has 4 rings (SSSR count). The van der Waals surface area contributed by atoms with Crippen molar-refractivity contribution in [3.05, 3.63) is 26.7 Å². The minimum Gasteiger partial charge on any atom is -0.309 e. The Morgan fingerprint density at radius 1 is 1.25 bits per heavy atom. The van der Waals surface area contributed by atoms with Gasteiger partial charge in [0, 0.05) is 11.8 Å². The number of aromatic nitrogens is 2. The van der Waals surface area contributed by atoms with Gasteiger partial charge in [0.05, 0.1) is 33.5 Å². The smallest absolute Gasteiger partial charge is 0.258 e. The molecule has 1 saturated carbocycles. The fourth-order valence-corrected chi connectivity index (χ4v) is 6.50. The summed E-state index contributed by atoms with van der Waals surface area (Å²) in [4.78, 5) is 24.0. The zero-order valence-corrected chi connectivity index (χ0v) is 17.2. The maximum Gasteiger partial charge on any atom is 0.258 e. The van der Waals surface area contributed by atoms with Crippen LogP contribution in [0, 0.1) is 5.92 Å². The number of hydrogen-bond acceptors (Lipinski definition) is 6. The topological polar surface area (TPSA) is 92.2 Å². The molecule has 0 bridgehead atoms. The van der Waals surface area contributed by atoms with Crippen molar-refractivity contribution in [2.24, 2.45) is 10.9 Å². The predicted octanol–water partition coefficient (Wildman–Crippen LogP) is 0.734. The Balaban J connectivity index is 1.50. The second-order valence-corrected chi connectivity index (χ2v) is 11.3. The van der Waals surface area contributed by atoms with E-state index in [2.05, 4.69) is 15.0 Å². The third-order valence-electron chi connectivity index (χ3n) is 5.63. The number of halogens is 1. The Kier molecular flexibility index (Phi) is 5.73.